The van der Waals surface area contributed by atoms with E-state index in [0.29, 0.717) is 47.1 Å². The molecular weight excluding hydrogens is 416 g/mol. The molecule has 2 heterocycles. The van der Waals surface area contributed by atoms with Crippen LogP contribution in [0.25, 0.3) is 16.9 Å². The van der Waals surface area contributed by atoms with Crippen LogP contribution in [0.3, 0.4) is 0 Å². The van der Waals surface area contributed by atoms with Crippen molar-refractivity contribution in [1.82, 2.24) is 19.2 Å². The molecule has 9 heteroatoms. The summed E-state index contributed by atoms with van der Waals surface area (Å²) in [4.78, 5) is 12.7. The predicted molar refractivity (Wildman–Crippen MR) is 119 cm³/mol. The van der Waals surface area contributed by atoms with E-state index < -0.39 is 10.0 Å². The summed E-state index contributed by atoms with van der Waals surface area (Å²) in [5.41, 5.74) is 2.46. The van der Waals surface area contributed by atoms with Gasteiger partial charge in [-0.2, -0.15) is 14.1 Å². The number of aryl methyl sites for hydroxylation is 3. The summed E-state index contributed by atoms with van der Waals surface area (Å²) in [6.45, 7) is 9.98. The van der Waals surface area contributed by atoms with Gasteiger partial charge in [0.1, 0.15) is 11.4 Å². The summed E-state index contributed by atoms with van der Waals surface area (Å²) in [6.07, 6.45) is 1.72. The molecule has 0 aliphatic heterocycles. The van der Waals surface area contributed by atoms with Crippen LogP contribution in [0.1, 0.15) is 43.7 Å². The molecule has 0 bridgehead atoms. The summed E-state index contributed by atoms with van der Waals surface area (Å²) >= 11 is 0. The number of benzene rings is 1. The smallest absolute Gasteiger partial charge is 0.271 e. The Hall–Kier alpha value is -2.78. The lowest BCUT2D eigenvalue weighted by molar-refractivity contribution is 0.392. The Morgan fingerprint density at radius 3 is 2.45 bits per heavy atom. The first kappa shape index (κ1) is 22.9. The van der Waals surface area contributed by atoms with Crippen LogP contribution in [0.5, 0.6) is 0 Å². The average Bonchev–Trinajstić information content (AvgIpc) is 3.07. The molecular formula is C22H28N4O4S. The van der Waals surface area contributed by atoms with Gasteiger partial charge in [-0.1, -0.05) is 37.6 Å². The molecule has 166 valence electrons. The zero-order chi connectivity index (χ0) is 22.8. The molecule has 2 aromatic heterocycles. The molecule has 0 saturated heterocycles. The van der Waals surface area contributed by atoms with Crippen LogP contribution in [0.15, 0.2) is 44.5 Å². The van der Waals surface area contributed by atoms with Crippen LogP contribution in [-0.4, -0.2) is 40.7 Å². The van der Waals surface area contributed by atoms with Gasteiger partial charge >= 0.3 is 0 Å². The SMILES string of the molecule is CCCCN(CC)S(=O)(=O)c1cc(-c2ccc(=O)n(-c3c(C)noc3C)n2)ccc1C. The van der Waals surface area contributed by atoms with Crippen molar-refractivity contribution in [3.05, 3.63) is 57.7 Å². The van der Waals surface area contributed by atoms with Crippen molar-refractivity contribution in [3.8, 4) is 16.9 Å². The highest BCUT2D eigenvalue weighted by Gasteiger charge is 2.25. The van der Waals surface area contributed by atoms with E-state index in [1.165, 1.54) is 15.1 Å². The van der Waals surface area contributed by atoms with Crippen LogP contribution in [0.4, 0.5) is 0 Å². The summed E-state index contributed by atoms with van der Waals surface area (Å²) in [7, 11) is -3.65. The molecule has 1 aromatic carbocycles. The molecule has 8 nitrogen and oxygen atoms in total. The molecule has 0 aliphatic carbocycles. The fourth-order valence-corrected chi connectivity index (χ4v) is 5.20. The van der Waals surface area contributed by atoms with Crippen LogP contribution in [0, 0.1) is 20.8 Å². The minimum absolute atomic E-state index is 0.250. The Morgan fingerprint density at radius 2 is 1.84 bits per heavy atom. The van der Waals surface area contributed by atoms with E-state index in [2.05, 4.69) is 10.3 Å². The number of rotatable bonds is 8. The molecule has 0 amide bonds. The van der Waals surface area contributed by atoms with Crippen molar-refractivity contribution < 1.29 is 12.9 Å². The van der Waals surface area contributed by atoms with Crippen LogP contribution < -0.4 is 5.56 Å². The highest BCUT2D eigenvalue weighted by atomic mass is 32.2. The minimum Gasteiger partial charge on any atom is -0.359 e. The third-order valence-electron chi connectivity index (χ3n) is 5.22. The van der Waals surface area contributed by atoms with E-state index in [9.17, 15) is 13.2 Å². The number of nitrogens with zero attached hydrogens (tertiary/aromatic N) is 4. The van der Waals surface area contributed by atoms with E-state index >= 15 is 0 Å². The van der Waals surface area contributed by atoms with Crippen LogP contribution >= 0.6 is 0 Å². The Kier molecular flexibility index (Phi) is 6.76. The predicted octanol–water partition coefficient (Wildman–Crippen LogP) is 3.62. The molecule has 0 saturated carbocycles. The fourth-order valence-electron chi connectivity index (χ4n) is 3.47. The van der Waals surface area contributed by atoms with Gasteiger partial charge in [0, 0.05) is 24.7 Å². The van der Waals surface area contributed by atoms with Crippen molar-refractivity contribution in [2.75, 3.05) is 13.1 Å². The molecule has 0 atom stereocenters. The molecule has 3 rings (SSSR count). The van der Waals surface area contributed by atoms with Gasteiger partial charge in [0.05, 0.1) is 10.6 Å². The lowest BCUT2D eigenvalue weighted by Gasteiger charge is -2.21. The highest BCUT2D eigenvalue weighted by molar-refractivity contribution is 7.89. The monoisotopic (exact) mass is 444 g/mol. The lowest BCUT2D eigenvalue weighted by Crippen LogP contribution is -2.32. The number of hydrogen-bond acceptors (Lipinski definition) is 6. The van der Waals surface area contributed by atoms with Gasteiger partial charge in [0.15, 0.2) is 5.76 Å². The highest BCUT2D eigenvalue weighted by Crippen LogP contribution is 2.27. The summed E-state index contributed by atoms with van der Waals surface area (Å²) < 4.78 is 34.5. The topological polar surface area (TPSA) is 98.3 Å². The molecule has 3 aromatic rings. The van der Waals surface area contributed by atoms with Gasteiger partial charge in [-0.05, 0) is 44.9 Å². The van der Waals surface area contributed by atoms with Gasteiger partial charge in [-0.3, -0.25) is 4.79 Å². The Bertz CT molecular complexity index is 1230. The Morgan fingerprint density at radius 1 is 1.10 bits per heavy atom. The standard InChI is InChI=1S/C22H28N4O4S/c1-6-8-13-25(7-2)31(28,29)20-14-18(10-9-15(20)3)19-11-12-21(27)26(23-19)22-16(4)24-30-17(22)5/h9-12,14H,6-8,13H2,1-5H3. The first-order valence-corrected chi connectivity index (χ1v) is 11.8. The summed E-state index contributed by atoms with van der Waals surface area (Å²) in [5.74, 6) is 0.478. The second-order valence-corrected chi connectivity index (χ2v) is 9.38. The maximum Gasteiger partial charge on any atom is 0.271 e. The number of aromatic nitrogens is 3. The first-order valence-electron chi connectivity index (χ1n) is 10.4. The maximum atomic E-state index is 13.3. The quantitative estimate of drug-likeness (QED) is 0.526. The van der Waals surface area contributed by atoms with Crippen LogP contribution in [0.2, 0.25) is 0 Å². The van der Waals surface area contributed by atoms with Crippen molar-refractivity contribution in [2.24, 2.45) is 0 Å². The number of sulfonamides is 1. The van der Waals surface area contributed by atoms with Gasteiger partial charge in [0.25, 0.3) is 5.56 Å². The zero-order valence-electron chi connectivity index (χ0n) is 18.5. The Labute approximate surface area is 182 Å². The molecule has 0 fully saturated rings. The van der Waals surface area contributed by atoms with Crippen molar-refractivity contribution in [1.29, 1.82) is 0 Å². The largest absolute Gasteiger partial charge is 0.359 e. The van der Waals surface area contributed by atoms with Gasteiger partial charge < -0.3 is 4.52 Å². The second-order valence-electron chi connectivity index (χ2n) is 7.47. The van der Waals surface area contributed by atoms with Gasteiger partial charge in [0.2, 0.25) is 10.0 Å². The molecule has 0 radical (unpaired) electrons. The van der Waals surface area contributed by atoms with E-state index in [1.807, 2.05) is 13.8 Å². The Balaban J connectivity index is 2.10. The molecule has 0 unspecified atom stereocenters. The van der Waals surface area contributed by atoms with Gasteiger partial charge in [-0.25, -0.2) is 8.42 Å². The van der Waals surface area contributed by atoms with Crippen LogP contribution in [-0.2, 0) is 10.0 Å². The summed E-state index contributed by atoms with van der Waals surface area (Å²) in [6, 6.07) is 8.20. The third kappa shape index (κ3) is 4.47. The zero-order valence-corrected chi connectivity index (χ0v) is 19.4. The normalized spacial score (nSPS) is 11.9. The average molecular weight is 445 g/mol. The van der Waals surface area contributed by atoms with E-state index in [0.717, 1.165) is 12.8 Å². The van der Waals surface area contributed by atoms with E-state index in [1.54, 1.807) is 45.0 Å². The third-order valence-corrected chi connectivity index (χ3v) is 7.34. The number of hydrogen-bond donors (Lipinski definition) is 0. The fraction of sp³-hybridized carbons (Fsp3) is 0.409. The molecule has 0 spiro atoms. The van der Waals surface area contributed by atoms with Crippen molar-refractivity contribution in [2.45, 2.75) is 52.4 Å². The maximum absolute atomic E-state index is 13.3. The lowest BCUT2D eigenvalue weighted by atomic mass is 10.1. The first-order chi connectivity index (χ1) is 14.7. The van der Waals surface area contributed by atoms with Crippen molar-refractivity contribution >= 4 is 10.0 Å². The van der Waals surface area contributed by atoms with E-state index in [4.69, 9.17) is 4.52 Å². The number of unbranched alkanes of at least 4 members (excludes halogenated alkanes) is 1. The molecule has 31 heavy (non-hydrogen) atoms. The van der Waals surface area contributed by atoms with E-state index in [-0.39, 0.29) is 10.5 Å². The summed E-state index contributed by atoms with van der Waals surface area (Å²) in [5, 5.41) is 8.36. The molecule has 0 aliphatic rings. The van der Waals surface area contributed by atoms with Gasteiger partial charge in [-0.15, -0.1) is 0 Å². The second kappa shape index (κ2) is 9.15. The minimum atomic E-state index is -3.65. The molecule has 0 N–H and O–H groups in total. The van der Waals surface area contributed by atoms with Crippen molar-refractivity contribution in [3.63, 3.8) is 0 Å².